The minimum Gasteiger partial charge on any atom is -0.462 e. The fourth-order valence-corrected chi connectivity index (χ4v) is 2.21. The lowest BCUT2D eigenvalue weighted by Gasteiger charge is -2.20. The quantitative estimate of drug-likeness (QED) is 0.614. The maximum atomic E-state index is 12.5. The van der Waals surface area contributed by atoms with Crippen LogP contribution in [-0.2, 0) is 16.0 Å². The van der Waals surface area contributed by atoms with Crippen LogP contribution < -0.4 is 5.73 Å². The second-order valence-electron chi connectivity index (χ2n) is 6.43. The highest BCUT2D eigenvalue weighted by Gasteiger charge is 2.28. The van der Waals surface area contributed by atoms with Crippen LogP contribution in [0.3, 0.4) is 0 Å². The lowest BCUT2D eigenvalue weighted by Crippen LogP contribution is -2.26. The molecule has 0 saturated carbocycles. The average Bonchev–Trinajstić information content (AvgIpc) is 2.74. The van der Waals surface area contributed by atoms with Crippen LogP contribution in [0.1, 0.15) is 74.7 Å². The molecule has 0 aromatic carbocycles. The molecule has 0 unspecified atom stereocenters. The summed E-state index contributed by atoms with van der Waals surface area (Å²) >= 11 is 0. The van der Waals surface area contributed by atoms with Crippen LogP contribution in [0.25, 0.3) is 0 Å². The maximum absolute atomic E-state index is 12.5. The highest BCUT2D eigenvalue weighted by atomic mass is 16.6. The van der Waals surface area contributed by atoms with Crippen molar-refractivity contribution in [1.82, 2.24) is 4.57 Å². The lowest BCUT2D eigenvalue weighted by atomic mass is 10.2. The van der Waals surface area contributed by atoms with Crippen molar-refractivity contribution in [3.8, 4) is 0 Å². The second kappa shape index (κ2) is 8.04. The van der Waals surface area contributed by atoms with Gasteiger partial charge >= 0.3 is 11.9 Å². The number of ether oxygens (including phenoxy) is 2. The SMILES string of the molecule is CCCCCn1cc(C(=O)OCC)c(N)c1C(=O)OC(C)(C)C. The minimum absolute atomic E-state index is 0.120. The van der Waals surface area contributed by atoms with Gasteiger partial charge in [0.05, 0.1) is 12.3 Å². The van der Waals surface area contributed by atoms with Crippen molar-refractivity contribution < 1.29 is 19.1 Å². The first kappa shape index (κ1) is 19.1. The number of unbranched alkanes of at least 4 members (excludes halogenated alkanes) is 2. The largest absolute Gasteiger partial charge is 0.462 e. The van der Waals surface area contributed by atoms with E-state index in [2.05, 4.69) is 6.92 Å². The predicted octanol–water partition coefficient (Wildman–Crippen LogP) is 3.39. The van der Waals surface area contributed by atoms with E-state index in [4.69, 9.17) is 15.2 Å². The van der Waals surface area contributed by atoms with E-state index in [1.807, 2.05) is 0 Å². The number of hydrogen-bond donors (Lipinski definition) is 1. The maximum Gasteiger partial charge on any atom is 0.357 e. The molecule has 0 atom stereocenters. The number of carbonyl (C=O) groups is 2. The summed E-state index contributed by atoms with van der Waals surface area (Å²) < 4.78 is 12.1. The molecule has 0 saturated heterocycles. The van der Waals surface area contributed by atoms with Gasteiger partial charge in [0, 0.05) is 12.7 Å². The van der Waals surface area contributed by atoms with Gasteiger partial charge in [0.1, 0.15) is 11.2 Å². The monoisotopic (exact) mass is 324 g/mol. The normalized spacial score (nSPS) is 11.3. The molecule has 6 nitrogen and oxygen atoms in total. The fourth-order valence-electron chi connectivity index (χ4n) is 2.21. The van der Waals surface area contributed by atoms with E-state index < -0.39 is 17.5 Å². The van der Waals surface area contributed by atoms with Crippen molar-refractivity contribution in [3.05, 3.63) is 17.5 Å². The summed E-state index contributed by atoms with van der Waals surface area (Å²) in [6, 6.07) is 0. The van der Waals surface area contributed by atoms with Gasteiger partial charge in [0.15, 0.2) is 5.69 Å². The summed E-state index contributed by atoms with van der Waals surface area (Å²) in [4.78, 5) is 24.5. The van der Waals surface area contributed by atoms with Gasteiger partial charge in [-0.1, -0.05) is 19.8 Å². The van der Waals surface area contributed by atoms with Crippen LogP contribution in [0.5, 0.6) is 0 Å². The fraction of sp³-hybridized carbons (Fsp3) is 0.647. The molecule has 23 heavy (non-hydrogen) atoms. The average molecular weight is 324 g/mol. The van der Waals surface area contributed by atoms with Crippen LogP contribution in [0.2, 0.25) is 0 Å². The van der Waals surface area contributed by atoms with Crippen molar-refractivity contribution in [2.45, 2.75) is 66.0 Å². The molecule has 0 radical (unpaired) electrons. The Kier molecular flexibility index (Phi) is 6.66. The van der Waals surface area contributed by atoms with Gasteiger partial charge < -0.3 is 19.8 Å². The first-order valence-corrected chi connectivity index (χ1v) is 8.10. The Morgan fingerprint density at radius 3 is 2.35 bits per heavy atom. The molecule has 0 bridgehead atoms. The molecule has 0 aliphatic rings. The first-order chi connectivity index (χ1) is 10.7. The van der Waals surface area contributed by atoms with E-state index in [1.54, 1.807) is 38.5 Å². The van der Waals surface area contributed by atoms with Crippen LogP contribution in [0, 0.1) is 0 Å². The number of nitrogen functional groups attached to an aromatic ring is 1. The third-order valence-electron chi connectivity index (χ3n) is 3.21. The number of nitrogens with zero attached hydrogens (tertiary/aromatic N) is 1. The number of carbonyl (C=O) groups excluding carboxylic acids is 2. The number of aromatic nitrogens is 1. The first-order valence-electron chi connectivity index (χ1n) is 8.10. The molecule has 130 valence electrons. The molecule has 1 heterocycles. The molecule has 0 aliphatic carbocycles. The van der Waals surface area contributed by atoms with Crippen molar-refractivity contribution in [2.24, 2.45) is 0 Å². The van der Waals surface area contributed by atoms with E-state index in [0.29, 0.717) is 6.54 Å². The van der Waals surface area contributed by atoms with Gasteiger partial charge in [-0.2, -0.15) is 0 Å². The number of nitrogens with two attached hydrogens (primary N) is 1. The molecule has 6 heteroatoms. The molecule has 0 fully saturated rings. The zero-order valence-corrected chi connectivity index (χ0v) is 14.8. The Labute approximate surface area is 137 Å². The number of rotatable bonds is 7. The Bertz CT molecular complexity index is 556. The molecular weight excluding hydrogens is 296 g/mol. The molecule has 0 amide bonds. The van der Waals surface area contributed by atoms with Crippen molar-refractivity contribution >= 4 is 17.6 Å². The second-order valence-corrected chi connectivity index (χ2v) is 6.43. The molecule has 1 rings (SSSR count). The molecule has 0 spiro atoms. The Balaban J connectivity index is 3.17. The number of hydrogen-bond acceptors (Lipinski definition) is 5. The number of aryl methyl sites for hydroxylation is 1. The van der Waals surface area contributed by atoms with E-state index in [1.165, 1.54) is 0 Å². The Morgan fingerprint density at radius 1 is 1.17 bits per heavy atom. The third kappa shape index (κ3) is 5.30. The number of anilines is 1. The summed E-state index contributed by atoms with van der Waals surface area (Å²) in [5, 5.41) is 0. The van der Waals surface area contributed by atoms with Gasteiger partial charge in [0.25, 0.3) is 0 Å². The van der Waals surface area contributed by atoms with Crippen molar-refractivity contribution in [2.75, 3.05) is 12.3 Å². The van der Waals surface area contributed by atoms with Gasteiger partial charge in [-0.15, -0.1) is 0 Å². The predicted molar refractivity (Wildman–Crippen MR) is 89.5 cm³/mol. The van der Waals surface area contributed by atoms with Crippen LogP contribution in [0.15, 0.2) is 6.20 Å². The zero-order chi connectivity index (χ0) is 17.6. The highest BCUT2D eigenvalue weighted by molar-refractivity contribution is 6.03. The molecule has 1 aromatic rings. The summed E-state index contributed by atoms with van der Waals surface area (Å²) in [6.07, 6.45) is 4.56. The van der Waals surface area contributed by atoms with Crippen LogP contribution in [0.4, 0.5) is 5.69 Å². The standard InChI is InChI=1S/C17H28N2O4/c1-6-8-9-10-19-11-12(15(20)22-7-2)13(18)14(19)16(21)23-17(3,4)5/h11H,6-10,18H2,1-5H3. The minimum atomic E-state index is -0.633. The summed E-state index contributed by atoms with van der Waals surface area (Å²) in [5.74, 6) is -1.05. The van der Waals surface area contributed by atoms with E-state index in [0.717, 1.165) is 19.3 Å². The van der Waals surface area contributed by atoms with E-state index >= 15 is 0 Å². The Morgan fingerprint density at radius 2 is 1.83 bits per heavy atom. The molecule has 1 aromatic heterocycles. The Hall–Kier alpha value is -1.98. The number of esters is 2. The van der Waals surface area contributed by atoms with E-state index in [-0.39, 0.29) is 23.6 Å². The van der Waals surface area contributed by atoms with Gasteiger partial charge in [-0.25, -0.2) is 9.59 Å². The topological polar surface area (TPSA) is 83.5 Å². The summed E-state index contributed by atoms with van der Waals surface area (Å²) in [7, 11) is 0. The van der Waals surface area contributed by atoms with Crippen LogP contribution >= 0.6 is 0 Å². The van der Waals surface area contributed by atoms with Gasteiger partial charge in [-0.05, 0) is 34.1 Å². The lowest BCUT2D eigenvalue weighted by molar-refractivity contribution is 0.00588. The van der Waals surface area contributed by atoms with Crippen molar-refractivity contribution in [1.29, 1.82) is 0 Å². The van der Waals surface area contributed by atoms with Crippen LogP contribution in [-0.4, -0.2) is 28.7 Å². The highest BCUT2D eigenvalue weighted by Crippen LogP contribution is 2.25. The molecule has 0 aliphatic heterocycles. The summed E-state index contributed by atoms with van der Waals surface area (Å²) in [5.41, 5.74) is 5.96. The molecule has 2 N–H and O–H groups in total. The van der Waals surface area contributed by atoms with Crippen molar-refractivity contribution in [3.63, 3.8) is 0 Å². The van der Waals surface area contributed by atoms with Gasteiger partial charge in [-0.3, -0.25) is 0 Å². The third-order valence-corrected chi connectivity index (χ3v) is 3.21. The molecular formula is C17H28N2O4. The van der Waals surface area contributed by atoms with E-state index in [9.17, 15) is 9.59 Å². The summed E-state index contributed by atoms with van der Waals surface area (Å²) in [6.45, 7) is 10.0. The zero-order valence-electron chi connectivity index (χ0n) is 14.8. The smallest absolute Gasteiger partial charge is 0.357 e. The van der Waals surface area contributed by atoms with Gasteiger partial charge in [0.2, 0.25) is 0 Å².